The predicted molar refractivity (Wildman–Crippen MR) is 87.4 cm³/mol. The van der Waals surface area contributed by atoms with Gasteiger partial charge >= 0.3 is 0 Å². The van der Waals surface area contributed by atoms with Crippen LogP contribution in [0, 0.1) is 16.3 Å². The third-order valence-electron chi connectivity index (χ3n) is 2.70. The molecule has 0 aromatic heterocycles. The number of nitrogens with one attached hydrogen (secondary N) is 2. The third kappa shape index (κ3) is 4.19. The molecular weight excluding hydrogens is 370 g/mol. The summed E-state index contributed by atoms with van der Waals surface area (Å²) in [6.07, 6.45) is 0. The van der Waals surface area contributed by atoms with Gasteiger partial charge in [0.05, 0.1) is 12.2 Å². The van der Waals surface area contributed by atoms with Gasteiger partial charge in [-0.05, 0) is 71.5 Å². The lowest BCUT2D eigenvalue weighted by Crippen LogP contribution is -2.22. The summed E-state index contributed by atoms with van der Waals surface area (Å²) in [5, 5.41) is 5.53. The molecule has 0 heterocycles. The number of hydrogen-bond donors (Lipinski definition) is 2. The van der Waals surface area contributed by atoms with Crippen LogP contribution in [0.15, 0.2) is 42.5 Å². The number of amides is 1. The zero-order chi connectivity index (χ0) is 14.5. The van der Waals surface area contributed by atoms with E-state index in [4.69, 9.17) is 0 Å². The molecule has 2 aromatic rings. The maximum atomic E-state index is 13.6. The molecule has 0 aliphatic rings. The van der Waals surface area contributed by atoms with Crippen molar-refractivity contribution in [2.75, 3.05) is 17.2 Å². The Hall–Kier alpha value is -1.63. The molecule has 1 amide bonds. The van der Waals surface area contributed by atoms with Gasteiger partial charge in [0.1, 0.15) is 5.82 Å². The second kappa shape index (κ2) is 6.69. The van der Waals surface area contributed by atoms with E-state index in [9.17, 15) is 9.18 Å². The van der Waals surface area contributed by atoms with Crippen LogP contribution in [0.2, 0.25) is 0 Å². The molecule has 0 unspecified atom stereocenters. The van der Waals surface area contributed by atoms with Crippen molar-refractivity contribution < 1.29 is 9.18 Å². The van der Waals surface area contributed by atoms with E-state index in [2.05, 4.69) is 33.2 Å². The van der Waals surface area contributed by atoms with E-state index in [0.29, 0.717) is 0 Å². The first kappa shape index (κ1) is 14.8. The summed E-state index contributed by atoms with van der Waals surface area (Å²) in [5.74, 6) is -0.709. The highest BCUT2D eigenvalue weighted by atomic mass is 127. The van der Waals surface area contributed by atoms with E-state index < -0.39 is 5.82 Å². The molecule has 0 saturated carbocycles. The fourth-order valence-corrected chi connectivity index (χ4v) is 2.03. The normalized spacial score (nSPS) is 10.2. The summed E-state index contributed by atoms with van der Waals surface area (Å²) in [6.45, 7) is 1.89. The number of aryl methyl sites for hydroxylation is 1. The summed E-state index contributed by atoms with van der Waals surface area (Å²) < 4.78 is 14.7. The van der Waals surface area contributed by atoms with Crippen LogP contribution in [0.1, 0.15) is 5.56 Å². The van der Waals surface area contributed by atoms with E-state index in [0.717, 1.165) is 14.8 Å². The van der Waals surface area contributed by atoms with Gasteiger partial charge < -0.3 is 10.6 Å². The highest BCUT2D eigenvalue weighted by Gasteiger charge is 2.06. The fraction of sp³-hybridized carbons (Fsp3) is 0.133. The molecule has 3 nitrogen and oxygen atoms in total. The minimum Gasteiger partial charge on any atom is -0.376 e. The van der Waals surface area contributed by atoms with Crippen molar-refractivity contribution in [3.8, 4) is 0 Å². The molecule has 0 saturated heterocycles. The summed E-state index contributed by atoms with van der Waals surface area (Å²) in [4.78, 5) is 11.7. The molecule has 2 rings (SSSR count). The van der Waals surface area contributed by atoms with Gasteiger partial charge in [-0.3, -0.25) is 4.79 Å². The lowest BCUT2D eigenvalue weighted by atomic mass is 10.2. The van der Waals surface area contributed by atoms with E-state index >= 15 is 0 Å². The molecule has 0 aliphatic heterocycles. The number of halogens is 2. The Morgan fingerprint density at radius 3 is 2.55 bits per heavy atom. The lowest BCUT2D eigenvalue weighted by Gasteiger charge is -2.09. The van der Waals surface area contributed by atoms with Crippen molar-refractivity contribution in [3.05, 3.63) is 57.4 Å². The summed E-state index contributed by atoms with van der Waals surface area (Å²) in [5.41, 5.74) is 1.87. The van der Waals surface area contributed by atoms with Gasteiger partial charge in [-0.1, -0.05) is 6.07 Å². The van der Waals surface area contributed by atoms with E-state index in [1.165, 1.54) is 6.07 Å². The molecule has 0 spiro atoms. The quantitative estimate of drug-likeness (QED) is 0.788. The summed E-state index contributed by atoms with van der Waals surface area (Å²) >= 11 is 2.21. The lowest BCUT2D eigenvalue weighted by molar-refractivity contribution is -0.114. The van der Waals surface area contributed by atoms with Crippen molar-refractivity contribution in [1.29, 1.82) is 0 Å². The van der Waals surface area contributed by atoms with Crippen LogP contribution in [-0.2, 0) is 4.79 Å². The number of anilines is 2. The first-order valence-electron chi connectivity index (χ1n) is 6.10. The molecule has 0 aliphatic carbocycles. The fourth-order valence-electron chi connectivity index (χ4n) is 1.67. The standard InChI is InChI=1S/C15H14FIN2O/c1-10-2-7-14(13(16)8-10)19-15(20)9-18-12-5-3-11(17)4-6-12/h2-8,18H,9H2,1H3,(H,19,20). The number of carbonyl (C=O) groups excluding carboxylic acids is 1. The van der Waals surface area contributed by atoms with E-state index in [1.807, 2.05) is 24.3 Å². The molecule has 0 fully saturated rings. The van der Waals surface area contributed by atoms with Crippen molar-refractivity contribution in [1.82, 2.24) is 0 Å². The molecule has 2 aromatic carbocycles. The Kier molecular flexibility index (Phi) is 4.94. The van der Waals surface area contributed by atoms with Crippen LogP contribution in [0.3, 0.4) is 0 Å². The van der Waals surface area contributed by atoms with Crippen molar-refractivity contribution in [2.24, 2.45) is 0 Å². The van der Waals surface area contributed by atoms with Gasteiger partial charge in [-0.2, -0.15) is 0 Å². The number of hydrogen-bond acceptors (Lipinski definition) is 2. The summed E-state index contributed by atoms with van der Waals surface area (Å²) in [7, 11) is 0. The molecule has 104 valence electrons. The Bertz CT molecular complexity index is 614. The predicted octanol–water partition coefficient (Wildman–Crippen LogP) is 3.79. The number of benzene rings is 2. The van der Waals surface area contributed by atoms with Gasteiger partial charge in [0, 0.05) is 9.26 Å². The van der Waals surface area contributed by atoms with Gasteiger partial charge in [-0.15, -0.1) is 0 Å². The van der Waals surface area contributed by atoms with Crippen LogP contribution >= 0.6 is 22.6 Å². The Labute approximate surface area is 130 Å². The highest BCUT2D eigenvalue weighted by molar-refractivity contribution is 14.1. The van der Waals surface area contributed by atoms with Crippen molar-refractivity contribution in [2.45, 2.75) is 6.92 Å². The summed E-state index contributed by atoms with van der Waals surface area (Å²) in [6, 6.07) is 12.4. The van der Waals surface area contributed by atoms with Gasteiger partial charge in [-0.25, -0.2) is 4.39 Å². The first-order valence-corrected chi connectivity index (χ1v) is 7.18. The molecule has 0 atom stereocenters. The van der Waals surface area contributed by atoms with Gasteiger partial charge in [0.2, 0.25) is 5.91 Å². The Balaban J connectivity index is 1.90. The smallest absolute Gasteiger partial charge is 0.243 e. The molecular formula is C15H14FIN2O. The average molecular weight is 384 g/mol. The minimum absolute atomic E-state index is 0.0912. The zero-order valence-corrected chi connectivity index (χ0v) is 13.1. The monoisotopic (exact) mass is 384 g/mol. The minimum atomic E-state index is -0.424. The van der Waals surface area contributed by atoms with Gasteiger partial charge in [0.15, 0.2) is 0 Å². The second-order valence-corrected chi connectivity index (χ2v) is 5.64. The van der Waals surface area contributed by atoms with Gasteiger partial charge in [0.25, 0.3) is 0 Å². The van der Waals surface area contributed by atoms with Crippen LogP contribution in [0.5, 0.6) is 0 Å². The molecule has 0 bridgehead atoms. The molecule has 20 heavy (non-hydrogen) atoms. The second-order valence-electron chi connectivity index (χ2n) is 4.39. The van der Waals surface area contributed by atoms with Crippen LogP contribution in [-0.4, -0.2) is 12.5 Å². The SMILES string of the molecule is Cc1ccc(NC(=O)CNc2ccc(I)cc2)c(F)c1. The Morgan fingerprint density at radius 2 is 1.90 bits per heavy atom. The molecule has 2 N–H and O–H groups in total. The maximum absolute atomic E-state index is 13.6. The van der Waals surface area contributed by atoms with Crippen molar-refractivity contribution in [3.63, 3.8) is 0 Å². The van der Waals surface area contributed by atoms with Crippen LogP contribution in [0.4, 0.5) is 15.8 Å². The largest absolute Gasteiger partial charge is 0.376 e. The first-order chi connectivity index (χ1) is 9.54. The van der Waals surface area contributed by atoms with Crippen LogP contribution < -0.4 is 10.6 Å². The zero-order valence-electron chi connectivity index (χ0n) is 10.9. The van der Waals surface area contributed by atoms with Crippen LogP contribution in [0.25, 0.3) is 0 Å². The third-order valence-corrected chi connectivity index (χ3v) is 3.42. The van der Waals surface area contributed by atoms with E-state index in [1.54, 1.807) is 19.1 Å². The molecule has 5 heteroatoms. The van der Waals surface area contributed by atoms with Crippen molar-refractivity contribution >= 4 is 39.9 Å². The highest BCUT2D eigenvalue weighted by Crippen LogP contribution is 2.15. The average Bonchev–Trinajstić information content (AvgIpc) is 2.41. The Morgan fingerprint density at radius 1 is 1.20 bits per heavy atom. The van der Waals surface area contributed by atoms with E-state index in [-0.39, 0.29) is 18.1 Å². The number of rotatable bonds is 4. The molecule has 0 radical (unpaired) electrons. The maximum Gasteiger partial charge on any atom is 0.243 e. The number of carbonyl (C=O) groups is 1. The topological polar surface area (TPSA) is 41.1 Å².